The lowest BCUT2D eigenvalue weighted by molar-refractivity contribution is -0.146. The highest BCUT2D eigenvalue weighted by Gasteiger charge is 2.38. The molecule has 568 valence electrons. The van der Waals surface area contributed by atoms with Gasteiger partial charge in [0, 0.05) is 92.4 Å². The molecule has 9 rings (SSSR count). The lowest BCUT2D eigenvalue weighted by Gasteiger charge is -2.32. The van der Waals surface area contributed by atoms with Crippen LogP contribution in [0.25, 0.3) is 0 Å². The summed E-state index contributed by atoms with van der Waals surface area (Å²) < 4.78 is 97.9. The Balaban J connectivity index is 1.62. The summed E-state index contributed by atoms with van der Waals surface area (Å²) in [7, 11) is 0. The van der Waals surface area contributed by atoms with Crippen LogP contribution in [0.3, 0.4) is 0 Å². The Bertz CT molecular complexity index is 3630. The molecule has 0 heterocycles. The molecule has 8 bridgehead atoms. The molecule has 24 nitrogen and oxygen atoms in total. The summed E-state index contributed by atoms with van der Waals surface area (Å²) in [4.78, 5) is 111. The number of benzene rings is 8. The van der Waals surface area contributed by atoms with Crippen LogP contribution in [0, 0.1) is 0 Å². The van der Waals surface area contributed by atoms with Gasteiger partial charge in [-0.05, 0) is 102 Å². The van der Waals surface area contributed by atoms with Crippen LogP contribution in [0.4, 0.5) is 0 Å². The van der Waals surface area contributed by atoms with Crippen molar-refractivity contribution in [3.05, 3.63) is 237 Å². The van der Waals surface area contributed by atoms with Gasteiger partial charge in [-0.15, -0.1) is 0 Å². The summed E-state index contributed by atoms with van der Waals surface area (Å²) in [5, 5.41) is 0. The Morgan fingerprint density at radius 3 is 0.454 bits per heavy atom. The normalized spacial score (nSPS) is 14.1. The van der Waals surface area contributed by atoms with Gasteiger partial charge in [0.1, 0.15) is 46.0 Å². The van der Waals surface area contributed by atoms with Gasteiger partial charge in [-0.1, -0.05) is 121 Å². The van der Waals surface area contributed by atoms with Gasteiger partial charge in [0.2, 0.25) is 0 Å². The van der Waals surface area contributed by atoms with E-state index < -0.39 is 124 Å². The molecule has 0 spiro atoms. The molecule has 0 atom stereocenters. The van der Waals surface area contributed by atoms with Gasteiger partial charge in [-0.3, -0.25) is 0 Å². The molecule has 0 N–H and O–H groups in total. The quantitative estimate of drug-likeness (QED) is 0.0260. The number of carbonyl (C=O) groups excluding carboxylic acids is 8. The summed E-state index contributed by atoms with van der Waals surface area (Å²) in [5.41, 5.74) is 4.48. The van der Waals surface area contributed by atoms with E-state index in [1.165, 1.54) is 24.3 Å². The van der Waals surface area contributed by atoms with E-state index in [1.807, 2.05) is 121 Å². The fraction of sp³-hybridized carbons (Fsp3) is 0.333. The fourth-order valence-corrected chi connectivity index (χ4v) is 12.6. The van der Waals surface area contributed by atoms with Crippen LogP contribution in [0.2, 0.25) is 0 Å². The SMILES string of the molecule is CCOC(=O)COc1cc(OCC(=O)OCC)c2cc1C(c1ccccc1)c1cc(c(OCC(=O)OCC)cc1OCC(=O)OCC)C(c1ccccc1)c1cc(c(OCC(=O)OCC)cc1OCC(=O)OCC)C(c1ccccc1)c1cc(c(OCC(=O)OCC)cc1OCC(=O)OCC)C2c1ccccc1. The van der Waals surface area contributed by atoms with Gasteiger partial charge in [0.25, 0.3) is 0 Å². The molecule has 0 aromatic heterocycles. The van der Waals surface area contributed by atoms with Crippen LogP contribution in [0.1, 0.15) is 146 Å². The average molecular weight is 1480 g/mol. The van der Waals surface area contributed by atoms with E-state index in [0.717, 1.165) is 0 Å². The fourth-order valence-electron chi connectivity index (χ4n) is 12.6. The molecular weight excluding hydrogens is 1390 g/mol. The maximum absolute atomic E-state index is 13.8. The lowest BCUT2D eigenvalue weighted by Crippen LogP contribution is -2.22. The van der Waals surface area contributed by atoms with E-state index in [1.54, 1.807) is 79.7 Å². The van der Waals surface area contributed by atoms with Crippen molar-refractivity contribution in [2.75, 3.05) is 106 Å². The van der Waals surface area contributed by atoms with Crippen LogP contribution in [-0.2, 0) is 76.3 Å². The van der Waals surface area contributed by atoms with E-state index in [-0.39, 0.29) is 143 Å². The summed E-state index contributed by atoms with van der Waals surface area (Å²) in [6, 6.07) is 49.8. The van der Waals surface area contributed by atoms with E-state index in [4.69, 9.17) is 75.8 Å². The van der Waals surface area contributed by atoms with Crippen molar-refractivity contribution >= 4 is 47.8 Å². The number of hydrogen-bond acceptors (Lipinski definition) is 24. The number of fused-ring (bicyclic) bond motifs is 8. The van der Waals surface area contributed by atoms with Crippen molar-refractivity contribution in [3.63, 3.8) is 0 Å². The Hall–Kier alpha value is -12.1. The topological polar surface area (TPSA) is 284 Å². The van der Waals surface area contributed by atoms with Crippen LogP contribution in [-0.4, -0.2) is 153 Å². The number of ether oxygens (including phenoxy) is 16. The molecule has 0 radical (unpaired) electrons. The monoisotopic (exact) mass is 1480 g/mol. The smallest absolute Gasteiger partial charge is 0.344 e. The van der Waals surface area contributed by atoms with Crippen LogP contribution >= 0.6 is 0 Å². The maximum atomic E-state index is 13.8. The van der Waals surface area contributed by atoms with Crippen molar-refractivity contribution in [2.45, 2.75) is 79.1 Å². The summed E-state index contributed by atoms with van der Waals surface area (Å²) in [6.45, 7) is 7.73. The standard InChI is InChI=1S/C84H88O24/c1-9-93-73(85)45-101-65-41-66(102-46-74(86)94-10-2)58-37-57(65)81(53-29-21-17-22-30-53)59-38-60(68(104-48-76(88)96-12-4)42-67(59)103-47-75(87)95-11-3)83(55-33-25-19-26-34-55)63-40-64(72(108-52-80(92)100-16-8)44-71(63)107-51-79(91)99-15-7)84(56-35-27-20-28-36-56)62-39-61(82(58)54-31-23-18-24-32-54)69(105-49-77(89)97-13-5)43-70(62)106-50-78(90)98-14-6/h17-44,81-84H,9-16,45-52H2,1-8H3. The summed E-state index contributed by atoms with van der Waals surface area (Å²) >= 11 is 0. The minimum Gasteiger partial charge on any atom is -0.481 e. The Morgan fingerprint density at radius 1 is 0.204 bits per heavy atom. The second-order valence-electron chi connectivity index (χ2n) is 23.8. The second-order valence-corrected chi connectivity index (χ2v) is 23.8. The molecule has 1 aliphatic rings. The van der Waals surface area contributed by atoms with Gasteiger partial charge in [-0.2, -0.15) is 0 Å². The molecule has 0 aliphatic heterocycles. The van der Waals surface area contributed by atoms with Crippen LogP contribution < -0.4 is 37.9 Å². The Kier molecular flexibility index (Phi) is 30.0. The third-order valence-corrected chi connectivity index (χ3v) is 16.8. The number of carbonyl (C=O) groups is 8. The number of hydrogen-bond donors (Lipinski definition) is 0. The van der Waals surface area contributed by atoms with Gasteiger partial charge >= 0.3 is 47.8 Å². The zero-order valence-corrected chi connectivity index (χ0v) is 61.6. The maximum Gasteiger partial charge on any atom is 0.344 e. The molecule has 8 aromatic rings. The molecule has 0 amide bonds. The van der Waals surface area contributed by atoms with Crippen LogP contribution in [0.15, 0.2) is 170 Å². The highest BCUT2D eigenvalue weighted by atomic mass is 16.6. The zero-order valence-electron chi connectivity index (χ0n) is 61.6. The van der Waals surface area contributed by atoms with Crippen molar-refractivity contribution in [3.8, 4) is 46.0 Å². The van der Waals surface area contributed by atoms with E-state index in [0.29, 0.717) is 22.3 Å². The first-order valence-corrected chi connectivity index (χ1v) is 35.7. The molecule has 108 heavy (non-hydrogen) atoms. The van der Waals surface area contributed by atoms with Gasteiger partial charge in [0.15, 0.2) is 52.9 Å². The molecular formula is C84H88O24. The van der Waals surface area contributed by atoms with Crippen molar-refractivity contribution in [1.82, 2.24) is 0 Å². The highest BCUT2D eigenvalue weighted by Crippen LogP contribution is 2.55. The Labute approximate surface area is 626 Å². The van der Waals surface area contributed by atoms with Gasteiger partial charge < -0.3 is 75.8 Å². The molecule has 0 fully saturated rings. The summed E-state index contributed by atoms with van der Waals surface area (Å²) in [5.74, 6) is -10.7. The first kappa shape index (κ1) is 80.0. The van der Waals surface area contributed by atoms with E-state index in [2.05, 4.69) is 0 Å². The predicted molar refractivity (Wildman–Crippen MR) is 392 cm³/mol. The summed E-state index contributed by atoms with van der Waals surface area (Å²) in [6.07, 6.45) is 0. The highest BCUT2D eigenvalue weighted by molar-refractivity contribution is 5.77. The van der Waals surface area contributed by atoms with E-state index >= 15 is 0 Å². The van der Waals surface area contributed by atoms with Crippen LogP contribution in [0.5, 0.6) is 46.0 Å². The molecule has 0 unspecified atom stereocenters. The van der Waals surface area contributed by atoms with Gasteiger partial charge in [0.05, 0.1) is 52.9 Å². The van der Waals surface area contributed by atoms with Gasteiger partial charge in [-0.25, -0.2) is 38.4 Å². The first-order valence-electron chi connectivity index (χ1n) is 35.7. The van der Waals surface area contributed by atoms with E-state index in [9.17, 15) is 38.4 Å². The lowest BCUT2D eigenvalue weighted by atomic mass is 9.75. The number of esters is 8. The molecule has 0 saturated carbocycles. The Morgan fingerprint density at radius 2 is 0.333 bits per heavy atom. The number of rotatable bonds is 36. The predicted octanol–water partition coefficient (Wildman–Crippen LogP) is 12.3. The minimum atomic E-state index is -1.16. The average Bonchev–Trinajstić information content (AvgIpc) is 0.736. The first-order chi connectivity index (χ1) is 52.5. The zero-order chi connectivity index (χ0) is 76.9. The third kappa shape index (κ3) is 21.1. The van der Waals surface area contributed by atoms with Crippen molar-refractivity contribution in [2.24, 2.45) is 0 Å². The third-order valence-electron chi connectivity index (χ3n) is 16.8. The molecule has 1 aliphatic carbocycles. The largest absolute Gasteiger partial charge is 0.481 e. The molecule has 8 aromatic carbocycles. The van der Waals surface area contributed by atoms with Crippen molar-refractivity contribution < 1.29 is 114 Å². The molecule has 24 heteroatoms. The van der Waals surface area contributed by atoms with Crippen molar-refractivity contribution in [1.29, 1.82) is 0 Å². The second kappa shape index (κ2) is 40.4. The molecule has 0 saturated heterocycles. The minimum absolute atomic E-state index is 0.00314.